The van der Waals surface area contributed by atoms with Crippen molar-refractivity contribution < 1.29 is 9.53 Å². The van der Waals surface area contributed by atoms with Gasteiger partial charge in [-0.2, -0.15) is 0 Å². The number of carbonyl (C=O) groups excluding carboxylic acids is 1. The van der Waals surface area contributed by atoms with E-state index in [-0.39, 0.29) is 5.97 Å². The molecule has 16 heavy (non-hydrogen) atoms. The molecule has 2 nitrogen and oxygen atoms in total. The Morgan fingerprint density at radius 2 is 2.19 bits per heavy atom. The molecule has 1 heterocycles. The molecule has 0 saturated carbocycles. The van der Waals surface area contributed by atoms with E-state index < -0.39 is 4.39 Å². The lowest BCUT2D eigenvalue weighted by atomic mass is 10.1. The lowest BCUT2D eigenvalue weighted by molar-refractivity contribution is 0.0460. The second kappa shape index (κ2) is 4.68. The lowest BCUT2D eigenvalue weighted by Crippen LogP contribution is -2.14. The molecule has 1 aromatic rings. The summed E-state index contributed by atoms with van der Waals surface area (Å²) in [5.74, 6) is 0.566. The fourth-order valence-corrected chi connectivity index (χ4v) is 3.24. The highest BCUT2D eigenvalue weighted by molar-refractivity contribution is 8.01. The fraction of sp³-hybridized carbons (Fsp3) is 0.417. The van der Waals surface area contributed by atoms with Gasteiger partial charge >= 0.3 is 5.97 Å². The first-order valence-corrected chi connectivity index (χ1v) is 6.69. The van der Waals surface area contributed by atoms with Gasteiger partial charge in [-0.05, 0) is 18.2 Å². The van der Waals surface area contributed by atoms with Crippen LogP contribution in [0.5, 0.6) is 0 Å². The van der Waals surface area contributed by atoms with Crippen molar-refractivity contribution in [3.05, 3.63) is 35.4 Å². The highest BCUT2D eigenvalue weighted by Gasteiger charge is 2.44. The van der Waals surface area contributed by atoms with Crippen molar-refractivity contribution in [2.75, 3.05) is 5.75 Å². The summed E-state index contributed by atoms with van der Waals surface area (Å²) in [5.41, 5.74) is 1.37. The summed E-state index contributed by atoms with van der Waals surface area (Å²) in [7, 11) is 0. The van der Waals surface area contributed by atoms with Crippen molar-refractivity contribution >= 4 is 29.3 Å². The second-order valence-electron chi connectivity index (χ2n) is 3.67. The Kier molecular flexibility index (Phi) is 3.45. The number of thioether (sulfide) groups is 1. The lowest BCUT2D eigenvalue weighted by Gasteiger charge is -2.20. The number of hydrogen-bond acceptors (Lipinski definition) is 3. The number of fused-ring (bicyclic) bond motifs is 1. The van der Waals surface area contributed by atoms with Gasteiger partial charge < -0.3 is 4.74 Å². The minimum Gasteiger partial charge on any atom is -0.425 e. The highest BCUT2D eigenvalue weighted by Crippen LogP contribution is 2.48. The van der Waals surface area contributed by atoms with E-state index in [0.717, 1.165) is 24.2 Å². The number of benzene rings is 1. The van der Waals surface area contributed by atoms with Crippen LogP contribution >= 0.6 is 23.4 Å². The van der Waals surface area contributed by atoms with Crippen LogP contribution in [-0.4, -0.2) is 11.7 Å². The molecule has 4 heteroatoms. The maximum absolute atomic E-state index is 11.6. The van der Waals surface area contributed by atoms with Gasteiger partial charge in [0.25, 0.3) is 4.39 Å². The first kappa shape index (κ1) is 11.8. The zero-order chi connectivity index (χ0) is 11.6. The molecule has 1 aliphatic rings. The van der Waals surface area contributed by atoms with Crippen LogP contribution < -0.4 is 0 Å². The molecular weight excluding hydrogens is 244 g/mol. The molecule has 1 atom stereocenters. The quantitative estimate of drug-likeness (QED) is 0.466. The molecule has 86 valence electrons. The summed E-state index contributed by atoms with van der Waals surface area (Å²) >= 11 is 7.83. The van der Waals surface area contributed by atoms with Crippen LogP contribution in [0.4, 0.5) is 0 Å². The van der Waals surface area contributed by atoms with Crippen LogP contribution in [0.2, 0.25) is 0 Å². The largest absolute Gasteiger partial charge is 0.425 e. The minimum absolute atomic E-state index is 0.324. The normalized spacial score (nSPS) is 23.0. The van der Waals surface area contributed by atoms with E-state index in [2.05, 4.69) is 6.92 Å². The maximum atomic E-state index is 11.6. The van der Waals surface area contributed by atoms with Crippen LogP contribution in [0, 0.1) is 0 Å². The molecular formula is C12H13ClO2S. The number of hydrogen-bond donors (Lipinski definition) is 0. The highest BCUT2D eigenvalue weighted by atomic mass is 35.5. The summed E-state index contributed by atoms with van der Waals surface area (Å²) in [6.07, 6.45) is 2.18. The number of esters is 1. The van der Waals surface area contributed by atoms with Crippen LogP contribution in [-0.2, 0) is 9.13 Å². The van der Waals surface area contributed by atoms with Crippen molar-refractivity contribution in [1.29, 1.82) is 0 Å². The van der Waals surface area contributed by atoms with Crippen molar-refractivity contribution in [1.82, 2.24) is 0 Å². The first-order valence-electron chi connectivity index (χ1n) is 5.33. The van der Waals surface area contributed by atoms with E-state index in [9.17, 15) is 4.79 Å². The Bertz CT molecular complexity index is 408. The van der Waals surface area contributed by atoms with Gasteiger partial charge in [-0.1, -0.05) is 54.9 Å². The monoisotopic (exact) mass is 256 g/mol. The number of carbonyl (C=O) groups is 1. The summed E-state index contributed by atoms with van der Waals surface area (Å²) in [5, 5.41) is 0. The number of cyclic esters (lactones) is 1. The van der Waals surface area contributed by atoms with Crippen LogP contribution in [0.1, 0.15) is 35.7 Å². The van der Waals surface area contributed by atoms with E-state index in [4.69, 9.17) is 16.3 Å². The number of ether oxygens (including phenoxy) is 1. The second-order valence-corrected chi connectivity index (χ2v) is 5.70. The van der Waals surface area contributed by atoms with Crippen LogP contribution in [0.15, 0.2) is 24.3 Å². The predicted molar refractivity (Wildman–Crippen MR) is 66.8 cm³/mol. The predicted octanol–water partition coefficient (Wildman–Crippen LogP) is 3.74. The zero-order valence-corrected chi connectivity index (χ0v) is 10.6. The molecule has 0 saturated heterocycles. The number of rotatable bonds is 4. The maximum Gasteiger partial charge on any atom is 0.341 e. The van der Waals surface area contributed by atoms with Gasteiger partial charge in [0.15, 0.2) is 0 Å². The molecule has 0 aliphatic carbocycles. The van der Waals surface area contributed by atoms with E-state index in [1.54, 1.807) is 6.07 Å². The summed E-state index contributed by atoms with van der Waals surface area (Å²) < 4.78 is 4.24. The summed E-state index contributed by atoms with van der Waals surface area (Å²) in [6, 6.07) is 7.30. The number of halogens is 1. The van der Waals surface area contributed by atoms with Gasteiger partial charge in [-0.3, -0.25) is 0 Å². The molecule has 0 N–H and O–H groups in total. The molecule has 0 fully saturated rings. The molecule has 0 amide bonds. The molecule has 0 spiro atoms. The minimum atomic E-state index is -1.01. The summed E-state index contributed by atoms with van der Waals surface area (Å²) in [4.78, 5) is 11.6. The molecule has 1 aliphatic heterocycles. The third kappa shape index (κ3) is 2.06. The first-order chi connectivity index (χ1) is 7.67. The van der Waals surface area contributed by atoms with E-state index in [0.29, 0.717) is 5.56 Å². The average molecular weight is 257 g/mol. The molecule has 0 aromatic heterocycles. The van der Waals surface area contributed by atoms with E-state index >= 15 is 0 Å². The van der Waals surface area contributed by atoms with Gasteiger partial charge in [0.1, 0.15) is 0 Å². The van der Waals surface area contributed by atoms with Crippen molar-refractivity contribution in [2.45, 2.75) is 24.2 Å². The zero-order valence-electron chi connectivity index (χ0n) is 9.03. The molecule has 1 unspecified atom stereocenters. The fourth-order valence-electron chi connectivity index (χ4n) is 1.61. The number of unbranched alkanes of at least 4 members (excludes halogenated alkanes) is 1. The van der Waals surface area contributed by atoms with E-state index in [1.807, 2.05) is 18.2 Å². The Labute approximate surface area is 104 Å². The molecule has 0 bridgehead atoms. The Hall–Kier alpha value is -0.670. The Balaban J connectivity index is 2.21. The Morgan fingerprint density at radius 1 is 1.44 bits per heavy atom. The number of alkyl halides is 1. The smallest absolute Gasteiger partial charge is 0.341 e. The molecule has 1 aromatic carbocycles. The van der Waals surface area contributed by atoms with Gasteiger partial charge in [0.2, 0.25) is 0 Å². The van der Waals surface area contributed by atoms with Crippen LogP contribution in [0.3, 0.4) is 0 Å². The van der Waals surface area contributed by atoms with Gasteiger partial charge in [0, 0.05) is 5.56 Å². The van der Waals surface area contributed by atoms with Gasteiger partial charge in [-0.25, -0.2) is 4.79 Å². The third-order valence-electron chi connectivity index (χ3n) is 2.48. The standard InChI is InChI=1S/C12H13ClO2S/c1-2-3-8-16-12(13)10-7-5-4-6-9(10)11(14)15-12/h4-7H,2-3,8H2,1H3. The molecule has 2 rings (SSSR count). The van der Waals surface area contributed by atoms with Crippen molar-refractivity contribution in [2.24, 2.45) is 0 Å². The average Bonchev–Trinajstić information content (AvgIpc) is 2.53. The SMILES string of the molecule is CCCCSC1(Cl)OC(=O)c2ccccc21. The van der Waals surface area contributed by atoms with E-state index in [1.165, 1.54) is 11.8 Å². The van der Waals surface area contributed by atoms with Crippen molar-refractivity contribution in [3.63, 3.8) is 0 Å². The third-order valence-corrected chi connectivity index (χ3v) is 4.25. The summed E-state index contributed by atoms with van der Waals surface area (Å²) in [6.45, 7) is 2.12. The van der Waals surface area contributed by atoms with Gasteiger partial charge in [0.05, 0.1) is 5.56 Å². The molecule has 0 radical (unpaired) electrons. The van der Waals surface area contributed by atoms with Gasteiger partial charge in [-0.15, -0.1) is 0 Å². The Morgan fingerprint density at radius 3 is 2.94 bits per heavy atom. The topological polar surface area (TPSA) is 26.3 Å². The van der Waals surface area contributed by atoms with Crippen molar-refractivity contribution in [3.8, 4) is 0 Å². The van der Waals surface area contributed by atoms with Crippen LogP contribution in [0.25, 0.3) is 0 Å².